The molecule has 0 bridgehead atoms. The van der Waals surface area contributed by atoms with Crippen molar-refractivity contribution in [3.63, 3.8) is 0 Å². The van der Waals surface area contributed by atoms with E-state index in [1.165, 1.54) is 51.9 Å². The largest absolute Gasteiger partial charge is 0.465 e. The minimum Gasteiger partial charge on any atom is -0.465 e. The number of rotatable bonds is 7. The number of carbonyl (C=O) groups is 2. The summed E-state index contributed by atoms with van der Waals surface area (Å²) in [6.07, 6.45) is 9.26. The topological polar surface area (TPSA) is 107 Å². The number of nitrogens with zero attached hydrogens (tertiary/aromatic N) is 5. The quantitative estimate of drug-likeness (QED) is 0.144. The van der Waals surface area contributed by atoms with Crippen molar-refractivity contribution in [2.75, 3.05) is 39.4 Å². The Morgan fingerprint density at radius 2 is 0.971 bits per heavy atom. The molecule has 0 unspecified atom stereocenters. The molecule has 1 saturated heterocycles. The number of hydrogen-bond donors (Lipinski definition) is 0. The molecule has 0 spiro atoms. The van der Waals surface area contributed by atoms with E-state index in [0.29, 0.717) is 32.7 Å². The van der Waals surface area contributed by atoms with Gasteiger partial charge in [-0.25, -0.2) is 29.5 Å². The summed E-state index contributed by atoms with van der Waals surface area (Å²) in [5.74, 6) is 1.54. The fraction of sp³-hybridized carbons (Fsp3) is 0.263. The molecule has 11 heteroatoms. The molecule has 350 valence electrons. The highest BCUT2D eigenvalue weighted by Crippen LogP contribution is 2.36. The van der Waals surface area contributed by atoms with Crippen molar-refractivity contribution in [3.05, 3.63) is 185 Å². The third-order valence-electron chi connectivity index (χ3n) is 12.1. The number of carbonyl (C=O) groups excluding carboxylic acids is 2. The lowest BCUT2D eigenvalue weighted by Crippen LogP contribution is -2.34. The molecule has 9 nitrogen and oxygen atoms in total. The van der Waals surface area contributed by atoms with Crippen LogP contribution in [-0.2, 0) is 9.47 Å². The van der Waals surface area contributed by atoms with Crippen LogP contribution in [0.4, 0.5) is 10.2 Å². The van der Waals surface area contributed by atoms with E-state index in [1.807, 2.05) is 54.6 Å². The second kappa shape index (κ2) is 25.3. The minimum absolute atomic E-state index is 0. The summed E-state index contributed by atoms with van der Waals surface area (Å²) in [6, 6.07) is 52.2. The third kappa shape index (κ3) is 12.8. The molecule has 0 atom stereocenters. The summed E-state index contributed by atoms with van der Waals surface area (Å²) in [5.41, 5.74) is 10.4. The lowest BCUT2D eigenvalue weighted by atomic mass is 9.84. The van der Waals surface area contributed by atoms with Crippen molar-refractivity contribution < 1.29 is 24.8 Å². The highest BCUT2D eigenvalue weighted by molar-refractivity contribution is 9.10. The highest BCUT2D eigenvalue weighted by atomic mass is 79.9. The summed E-state index contributed by atoms with van der Waals surface area (Å²) in [5, 5.41) is 0. The number of alkyl halides is 1. The Labute approximate surface area is 409 Å². The van der Waals surface area contributed by atoms with Crippen LogP contribution < -0.4 is 4.90 Å². The number of halogens is 2. The van der Waals surface area contributed by atoms with Crippen molar-refractivity contribution >= 4 is 55.8 Å². The Morgan fingerprint density at radius 1 is 0.559 bits per heavy atom. The third-order valence-corrected chi connectivity index (χ3v) is 12.7. The summed E-state index contributed by atoms with van der Waals surface area (Å²) in [4.78, 5) is 45.0. The SMILES string of the molecule is C.COC(=O)c1ccc2nc(-c3ccccc3)c(Br)nc2c1.COC(=O)c1ccc2nc(-c3ccccc3)c(N3CCC(c4ccccc4)CC3)nc2c1.[2H]CF.c1ccc(C2CCCCC2)cc1. The number of benzene rings is 6. The predicted molar refractivity (Wildman–Crippen MR) is 277 cm³/mol. The Balaban J connectivity index is 0.000000181. The summed E-state index contributed by atoms with van der Waals surface area (Å²) < 4.78 is 25.7. The Bertz CT molecular complexity index is 2870. The fourth-order valence-electron chi connectivity index (χ4n) is 8.67. The maximum atomic E-state index is 12.0. The minimum atomic E-state index is -1.00. The molecule has 68 heavy (non-hydrogen) atoms. The molecule has 0 N–H and O–H groups in total. The van der Waals surface area contributed by atoms with Gasteiger partial charge in [0.25, 0.3) is 0 Å². The van der Waals surface area contributed by atoms with Crippen LogP contribution in [0.3, 0.4) is 0 Å². The van der Waals surface area contributed by atoms with Crippen LogP contribution in [-0.4, -0.2) is 66.3 Å². The molecule has 2 aliphatic rings. The first-order valence-corrected chi connectivity index (χ1v) is 23.4. The smallest absolute Gasteiger partial charge is 0.337 e. The van der Waals surface area contributed by atoms with Crippen LogP contribution >= 0.6 is 15.9 Å². The van der Waals surface area contributed by atoms with Gasteiger partial charge in [0.15, 0.2) is 5.82 Å². The number of fused-ring (bicyclic) bond motifs is 2. The Hall–Kier alpha value is -6.85. The van der Waals surface area contributed by atoms with Gasteiger partial charge < -0.3 is 14.4 Å². The van der Waals surface area contributed by atoms with Gasteiger partial charge in [0.05, 0.1) is 55.9 Å². The number of ether oxygens (including phenoxy) is 2. The summed E-state index contributed by atoms with van der Waals surface area (Å²) >= 11 is 3.44. The van der Waals surface area contributed by atoms with Crippen LogP contribution in [0.2, 0.25) is 0 Å². The van der Waals surface area contributed by atoms with Crippen molar-refractivity contribution in [2.24, 2.45) is 0 Å². The summed E-state index contributed by atoms with van der Waals surface area (Å²) in [6.45, 7) is 1.83. The lowest BCUT2D eigenvalue weighted by molar-refractivity contribution is 0.0592. The maximum Gasteiger partial charge on any atom is 0.337 e. The molecule has 0 amide bonds. The number of hydrogen-bond acceptors (Lipinski definition) is 9. The fourth-order valence-corrected chi connectivity index (χ4v) is 9.18. The van der Waals surface area contributed by atoms with Crippen LogP contribution in [0.25, 0.3) is 44.6 Å². The van der Waals surface area contributed by atoms with Crippen molar-refractivity contribution in [1.82, 2.24) is 19.9 Å². The van der Waals surface area contributed by atoms with E-state index in [9.17, 15) is 14.0 Å². The van der Waals surface area contributed by atoms with Crippen LogP contribution in [0.1, 0.15) is 97.4 Å². The van der Waals surface area contributed by atoms with E-state index < -0.39 is 7.15 Å². The van der Waals surface area contributed by atoms with Crippen LogP contribution in [0.15, 0.2) is 162 Å². The van der Waals surface area contributed by atoms with Crippen molar-refractivity contribution in [2.45, 2.75) is 64.2 Å². The molecule has 1 aliphatic carbocycles. The van der Waals surface area contributed by atoms with Gasteiger partial charge in [0.1, 0.15) is 16.0 Å². The van der Waals surface area contributed by atoms with Gasteiger partial charge in [-0.15, -0.1) is 0 Å². The van der Waals surface area contributed by atoms with Gasteiger partial charge >= 0.3 is 11.9 Å². The monoisotopic (exact) mass is 976 g/mol. The predicted octanol–water partition coefficient (Wildman–Crippen LogP) is 14.3. The van der Waals surface area contributed by atoms with Crippen molar-refractivity contribution in [3.8, 4) is 22.5 Å². The molecule has 8 aromatic rings. The van der Waals surface area contributed by atoms with Gasteiger partial charge in [0.2, 0.25) is 0 Å². The number of anilines is 1. The molecule has 2 aromatic heterocycles. The van der Waals surface area contributed by atoms with Gasteiger partial charge in [-0.2, -0.15) is 0 Å². The molecule has 10 rings (SSSR count). The van der Waals surface area contributed by atoms with Gasteiger partial charge in [-0.05, 0) is 101 Å². The molecular weight excluding hydrogens is 918 g/mol. The molecular formula is C57H59BrFN5O4. The molecule has 0 radical (unpaired) electrons. The molecule has 1 saturated carbocycles. The average molecular weight is 978 g/mol. The Kier molecular flexibility index (Phi) is 18.3. The standard InChI is InChI=1S/C27H25N3O2.C16H11BrN2O2.C12H16.CH3F.CH4/c1-32-27(31)22-12-13-23-24(18-22)29-26(25(28-23)21-10-6-3-7-11-21)30-16-14-20(15-17-30)19-8-4-2-5-9-19;1-21-16(20)11-7-8-12-13(9-11)19-15(17)14(18-12)10-5-3-2-4-6-10;1-3-7-11(8-4-1)12-9-5-2-6-10-12;1-2;/h2-13,18,20H,14-17H2,1H3;2-9H,1H3;1,3-4,7-8,12H,2,5-6,9-10H2;1H3;1H4/i;;;1D;. The van der Waals surface area contributed by atoms with E-state index in [1.54, 1.807) is 35.9 Å². The van der Waals surface area contributed by atoms with E-state index in [-0.39, 0.29) is 19.4 Å². The first-order valence-electron chi connectivity index (χ1n) is 23.3. The van der Waals surface area contributed by atoms with E-state index in [0.717, 1.165) is 71.2 Å². The highest BCUT2D eigenvalue weighted by Gasteiger charge is 2.25. The molecule has 6 aromatic carbocycles. The second-order valence-corrected chi connectivity index (χ2v) is 17.0. The first kappa shape index (κ1) is 49.1. The van der Waals surface area contributed by atoms with E-state index >= 15 is 0 Å². The average Bonchev–Trinajstić information content (AvgIpc) is 3.41. The molecule has 1 aliphatic heterocycles. The van der Waals surface area contributed by atoms with E-state index in [4.69, 9.17) is 20.8 Å². The number of aromatic nitrogens is 4. The Morgan fingerprint density at radius 3 is 1.44 bits per heavy atom. The lowest BCUT2D eigenvalue weighted by Gasteiger charge is -2.34. The number of piperidine rings is 1. The zero-order valence-electron chi connectivity index (χ0n) is 38.9. The van der Waals surface area contributed by atoms with Crippen LogP contribution in [0, 0.1) is 0 Å². The van der Waals surface area contributed by atoms with Gasteiger partial charge in [-0.3, -0.25) is 4.39 Å². The maximum absolute atomic E-state index is 12.0. The zero-order chi connectivity index (χ0) is 47.7. The first-order chi connectivity index (χ1) is 33.3. The number of methoxy groups -OCH3 is 2. The second-order valence-electron chi connectivity index (χ2n) is 16.3. The zero-order valence-corrected chi connectivity index (χ0v) is 39.4. The summed E-state index contributed by atoms with van der Waals surface area (Å²) in [7, 11) is 1.74. The molecule has 3 heterocycles. The van der Waals surface area contributed by atoms with Crippen molar-refractivity contribution in [1.29, 1.82) is 0 Å². The van der Waals surface area contributed by atoms with Gasteiger partial charge in [0, 0.05) is 24.2 Å². The molecule has 2 fully saturated rings. The van der Waals surface area contributed by atoms with Crippen LogP contribution in [0.5, 0.6) is 0 Å². The van der Waals surface area contributed by atoms with Gasteiger partial charge in [-0.1, -0.05) is 148 Å². The van der Waals surface area contributed by atoms with E-state index in [2.05, 4.69) is 104 Å². The normalized spacial score (nSPS) is 13.8. The number of esters is 2.